The van der Waals surface area contributed by atoms with Gasteiger partial charge in [0.25, 0.3) is 0 Å². The molecule has 2 aromatic rings. The molecule has 0 heterocycles. The molecule has 2 rings (SSSR count). The van der Waals surface area contributed by atoms with Crippen molar-refractivity contribution in [1.29, 1.82) is 0 Å². The summed E-state index contributed by atoms with van der Waals surface area (Å²) in [5.41, 5.74) is 9.99. The van der Waals surface area contributed by atoms with E-state index in [0.29, 0.717) is 12.8 Å². The Labute approximate surface area is 224 Å². The third-order valence-corrected chi connectivity index (χ3v) is 6.63. The third kappa shape index (κ3) is 9.30. The fraction of sp³-hybridized carbons (Fsp3) is 0.448. The number of benzene rings is 2. The van der Waals surface area contributed by atoms with Gasteiger partial charge in [0.15, 0.2) is 0 Å². The van der Waals surface area contributed by atoms with E-state index in [1.807, 2.05) is 82.3 Å². The Bertz CT molecular complexity index is 1070. The van der Waals surface area contributed by atoms with Crippen molar-refractivity contribution in [2.45, 2.75) is 65.5 Å². The van der Waals surface area contributed by atoms with Crippen LogP contribution in [0.3, 0.4) is 0 Å². The zero-order valence-corrected chi connectivity index (χ0v) is 22.6. The van der Waals surface area contributed by atoms with Gasteiger partial charge < -0.3 is 16.4 Å². The molecule has 206 valence electrons. The maximum absolute atomic E-state index is 13.4. The highest BCUT2D eigenvalue weighted by Crippen LogP contribution is 2.21. The molecule has 0 aliphatic carbocycles. The van der Waals surface area contributed by atoms with Crippen LogP contribution >= 0.6 is 0 Å². The summed E-state index contributed by atoms with van der Waals surface area (Å²) >= 11 is 0. The number of hydroxylamine groups is 1. The van der Waals surface area contributed by atoms with Crippen molar-refractivity contribution in [2.75, 3.05) is 0 Å². The molecule has 9 heteroatoms. The first-order valence-electron chi connectivity index (χ1n) is 13.0. The number of amides is 4. The molecule has 0 radical (unpaired) electrons. The number of nitrogens with one attached hydrogen (secondary N) is 3. The molecule has 0 bridgehead atoms. The second-order valence-electron chi connectivity index (χ2n) is 10.2. The summed E-state index contributed by atoms with van der Waals surface area (Å²) in [5.74, 6) is -3.21. The van der Waals surface area contributed by atoms with Crippen molar-refractivity contribution in [1.82, 2.24) is 16.1 Å². The van der Waals surface area contributed by atoms with Crippen LogP contribution in [0, 0.1) is 17.8 Å². The Hall–Kier alpha value is -3.72. The number of hydrogen-bond acceptors (Lipinski definition) is 5. The van der Waals surface area contributed by atoms with Crippen molar-refractivity contribution in [2.24, 2.45) is 23.5 Å². The van der Waals surface area contributed by atoms with Crippen LogP contribution in [0.15, 0.2) is 54.6 Å². The van der Waals surface area contributed by atoms with Crippen molar-refractivity contribution in [3.63, 3.8) is 0 Å². The Morgan fingerprint density at radius 1 is 0.868 bits per heavy atom. The zero-order valence-electron chi connectivity index (χ0n) is 22.6. The van der Waals surface area contributed by atoms with Gasteiger partial charge >= 0.3 is 0 Å². The maximum Gasteiger partial charge on any atom is 0.244 e. The van der Waals surface area contributed by atoms with Crippen LogP contribution in [0.4, 0.5) is 0 Å². The molecule has 0 saturated heterocycles. The molecule has 0 aromatic heterocycles. The van der Waals surface area contributed by atoms with Crippen LogP contribution in [0.2, 0.25) is 0 Å². The fourth-order valence-corrected chi connectivity index (χ4v) is 4.30. The number of hydrogen-bond donors (Lipinski definition) is 5. The first-order chi connectivity index (χ1) is 18.0. The molecule has 0 fully saturated rings. The Morgan fingerprint density at radius 2 is 1.47 bits per heavy atom. The van der Waals surface area contributed by atoms with Crippen LogP contribution in [-0.2, 0) is 25.6 Å². The van der Waals surface area contributed by atoms with Gasteiger partial charge in [0.1, 0.15) is 12.1 Å². The van der Waals surface area contributed by atoms with Crippen LogP contribution in [0.1, 0.15) is 52.5 Å². The highest BCUT2D eigenvalue weighted by atomic mass is 16.5. The topological polar surface area (TPSA) is 151 Å². The van der Waals surface area contributed by atoms with E-state index >= 15 is 0 Å². The first-order valence-corrected chi connectivity index (χ1v) is 13.0. The summed E-state index contributed by atoms with van der Waals surface area (Å²) < 4.78 is 0. The first kappa shape index (κ1) is 30.5. The van der Waals surface area contributed by atoms with E-state index in [1.165, 1.54) is 0 Å². The number of rotatable bonds is 14. The van der Waals surface area contributed by atoms with E-state index < -0.39 is 41.6 Å². The van der Waals surface area contributed by atoms with Crippen molar-refractivity contribution >= 4 is 23.6 Å². The smallest absolute Gasteiger partial charge is 0.244 e. The molecule has 0 aliphatic rings. The molecule has 6 N–H and O–H groups in total. The van der Waals surface area contributed by atoms with Crippen LogP contribution in [0.5, 0.6) is 0 Å². The van der Waals surface area contributed by atoms with Gasteiger partial charge in [-0.1, -0.05) is 88.7 Å². The Balaban J connectivity index is 2.30. The minimum atomic E-state index is -1.01. The summed E-state index contributed by atoms with van der Waals surface area (Å²) in [7, 11) is 0. The summed E-state index contributed by atoms with van der Waals surface area (Å²) in [6, 6.07) is 15.6. The second kappa shape index (κ2) is 14.9. The molecule has 0 aliphatic heterocycles. The minimum Gasteiger partial charge on any atom is -0.368 e. The van der Waals surface area contributed by atoms with E-state index in [-0.39, 0.29) is 24.7 Å². The maximum atomic E-state index is 13.4. The van der Waals surface area contributed by atoms with Gasteiger partial charge in [-0.3, -0.25) is 24.4 Å². The van der Waals surface area contributed by atoms with Crippen molar-refractivity contribution < 1.29 is 24.4 Å². The molecular formula is C29H40N4O5. The average molecular weight is 525 g/mol. The van der Waals surface area contributed by atoms with E-state index in [0.717, 1.165) is 16.7 Å². The molecule has 9 nitrogen and oxygen atoms in total. The number of carbonyl (C=O) groups excluding carboxylic acids is 4. The van der Waals surface area contributed by atoms with Gasteiger partial charge in [0.2, 0.25) is 23.6 Å². The SMILES string of the molecule is CCC(C)[C@H](NC(=O)[C@H](Cc1ccc(-c2ccccc2)cc1)NC(=O)C(CC(=O)NO)CC(C)C)C(N)=O. The Kier molecular flexibility index (Phi) is 11.9. The van der Waals surface area contributed by atoms with Gasteiger partial charge in [-0.15, -0.1) is 0 Å². The predicted molar refractivity (Wildman–Crippen MR) is 146 cm³/mol. The molecule has 0 spiro atoms. The standard InChI is InChI=1S/C29H40N4O5/c1-5-19(4)26(27(30)35)32-29(37)24(31-28(36)23(15-18(2)3)17-25(34)33-38)16-20-11-13-22(14-12-20)21-9-7-6-8-10-21/h6-14,18-19,23-24,26,38H,5,15-17H2,1-4H3,(H2,30,35)(H,31,36)(H,32,37)(H,33,34)/t19?,23?,24-,26-/m0/s1. The minimum absolute atomic E-state index is 0.0969. The van der Waals surface area contributed by atoms with Crippen LogP contribution < -0.4 is 21.8 Å². The lowest BCUT2D eigenvalue weighted by molar-refractivity contribution is -0.137. The lowest BCUT2D eigenvalue weighted by atomic mass is 9.92. The molecule has 38 heavy (non-hydrogen) atoms. The molecular weight excluding hydrogens is 484 g/mol. The van der Waals surface area contributed by atoms with Gasteiger partial charge in [-0.2, -0.15) is 0 Å². The van der Waals surface area contributed by atoms with Crippen LogP contribution in [0.25, 0.3) is 11.1 Å². The van der Waals surface area contributed by atoms with Crippen LogP contribution in [-0.4, -0.2) is 40.9 Å². The third-order valence-electron chi connectivity index (χ3n) is 6.63. The largest absolute Gasteiger partial charge is 0.368 e. The molecule has 4 amide bonds. The molecule has 0 saturated carbocycles. The van der Waals surface area contributed by atoms with Gasteiger partial charge in [0.05, 0.1) is 0 Å². The molecule has 4 atom stereocenters. The van der Waals surface area contributed by atoms with Crippen molar-refractivity contribution in [3.05, 3.63) is 60.2 Å². The summed E-state index contributed by atoms with van der Waals surface area (Å²) in [6.45, 7) is 7.54. The van der Waals surface area contributed by atoms with Crippen molar-refractivity contribution in [3.8, 4) is 11.1 Å². The highest BCUT2D eigenvalue weighted by molar-refractivity contribution is 5.93. The highest BCUT2D eigenvalue weighted by Gasteiger charge is 2.31. The monoisotopic (exact) mass is 524 g/mol. The second-order valence-corrected chi connectivity index (χ2v) is 10.2. The average Bonchev–Trinajstić information content (AvgIpc) is 2.90. The summed E-state index contributed by atoms with van der Waals surface area (Å²) in [5, 5.41) is 14.5. The van der Waals surface area contributed by atoms with E-state index in [1.54, 1.807) is 5.48 Å². The van der Waals surface area contributed by atoms with Gasteiger partial charge in [-0.25, -0.2) is 5.48 Å². The van der Waals surface area contributed by atoms with E-state index in [9.17, 15) is 19.2 Å². The quantitative estimate of drug-likeness (QED) is 0.190. The lowest BCUT2D eigenvalue weighted by Crippen LogP contribution is -2.56. The lowest BCUT2D eigenvalue weighted by Gasteiger charge is -2.26. The molecule has 2 unspecified atom stereocenters. The zero-order chi connectivity index (χ0) is 28.2. The van der Waals surface area contributed by atoms with Gasteiger partial charge in [0, 0.05) is 18.8 Å². The summed E-state index contributed by atoms with van der Waals surface area (Å²) in [6.07, 6.45) is 0.950. The fourth-order valence-electron chi connectivity index (χ4n) is 4.30. The van der Waals surface area contributed by atoms with E-state index in [4.69, 9.17) is 10.9 Å². The Morgan fingerprint density at radius 3 is 2.00 bits per heavy atom. The predicted octanol–water partition coefficient (Wildman–Crippen LogP) is 2.95. The normalized spacial score (nSPS) is 14.2. The molecule has 2 aromatic carbocycles. The van der Waals surface area contributed by atoms with Gasteiger partial charge in [-0.05, 0) is 34.9 Å². The number of nitrogens with two attached hydrogens (primary N) is 1. The van der Waals surface area contributed by atoms with E-state index in [2.05, 4.69) is 10.6 Å². The number of primary amides is 1. The summed E-state index contributed by atoms with van der Waals surface area (Å²) in [4.78, 5) is 50.5. The number of carbonyl (C=O) groups is 4.